The summed E-state index contributed by atoms with van der Waals surface area (Å²) >= 11 is 0. The molecule has 0 unspecified atom stereocenters. The summed E-state index contributed by atoms with van der Waals surface area (Å²) in [6, 6.07) is 65.7. The molecule has 0 saturated carbocycles. The highest BCUT2D eigenvalue weighted by atomic mass is 16.4. The first-order valence-electron chi connectivity index (χ1n) is 18.1. The average Bonchev–Trinajstić information content (AvgIpc) is 3.94. The number of fused-ring (bicyclic) bond motifs is 8. The van der Waals surface area contributed by atoms with E-state index in [0.717, 1.165) is 78.0 Å². The molecule has 3 aromatic heterocycles. The molecule has 0 spiro atoms. The first kappa shape index (κ1) is 30.3. The molecule has 0 radical (unpaired) electrons. The van der Waals surface area contributed by atoms with E-state index < -0.39 is 0 Å². The molecule has 5 nitrogen and oxygen atoms in total. The van der Waals surface area contributed by atoms with E-state index in [-0.39, 0.29) is 0 Å². The fourth-order valence-corrected chi connectivity index (χ4v) is 8.00. The van der Waals surface area contributed by atoms with Crippen molar-refractivity contribution in [3.63, 3.8) is 0 Å². The van der Waals surface area contributed by atoms with Gasteiger partial charge in [0.25, 0.3) is 0 Å². The summed E-state index contributed by atoms with van der Waals surface area (Å²) in [5.41, 5.74) is 12.9. The Morgan fingerprint density at radius 1 is 0.444 bits per heavy atom. The normalized spacial score (nSPS) is 11.7. The summed E-state index contributed by atoms with van der Waals surface area (Å²) in [7, 11) is 0. The molecule has 5 heteroatoms. The molecule has 0 saturated heterocycles. The summed E-state index contributed by atoms with van der Waals surface area (Å²) in [6.45, 7) is 0. The lowest BCUT2D eigenvalue weighted by Crippen LogP contribution is -2.11. The molecule has 0 bridgehead atoms. The Labute approximate surface area is 310 Å². The highest BCUT2D eigenvalue weighted by Crippen LogP contribution is 2.45. The average molecular weight is 694 g/mol. The summed E-state index contributed by atoms with van der Waals surface area (Å²) in [5, 5.41) is 4.30. The second-order valence-corrected chi connectivity index (χ2v) is 13.6. The van der Waals surface area contributed by atoms with E-state index in [1.165, 1.54) is 16.3 Å². The highest BCUT2D eigenvalue weighted by molar-refractivity contribution is 6.18. The van der Waals surface area contributed by atoms with Gasteiger partial charge in [-0.3, -0.25) is 0 Å². The van der Waals surface area contributed by atoms with E-state index in [1.807, 2.05) is 42.5 Å². The van der Waals surface area contributed by atoms with Crippen LogP contribution in [0.15, 0.2) is 197 Å². The standard InChI is InChI=1S/C49H31N3O2/c1-4-14-32(15-5-1)37-20-10-12-22-41(37)51(35-24-26-43-39(30-35)38-21-11-13-23-42(38)52(43)34-18-8-3-9-19-34)36-25-27-44-40(31-36)47-45(53-44)28-29-46-48(47)50-49(54-46)33-16-6-2-7-17-33/h1-31H. The maximum atomic E-state index is 6.46. The third-order valence-corrected chi connectivity index (χ3v) is 10.4. The Hall–Kier alpha value is -7.37. The zero-order valence-electron chi connectivity index (χ0n) is 29.1. The Bertz CT molecular complexity index is 3160. The summed E-state index contributed by atoms with van der Waals surface area (Å²) in [4.78, 5) is 7.39. The van der Waals surface area contributed by atoms with Gasteiger partial charge in [-0.25, -0.2) is 4.98 Å². The van der Waals surface area contributed by atoms with Gasteiger partial charge in [0.15, 0.2) is 5.58 Å². The molecule has 0 aliphatic carbocycles. The second-order valence-electron chi connectivity index (χ2n) is 13.6. The number of hydrogen-bond acceptors (Lipinski definition) is 4. The zero-order chi connectivity index (χ0) is 35.6. The lowest BCUT2D eigenvalue weighted by molar-refractivity contribution is 0.619. The minimum atomic E-state index is 0.588. The summed E-state index contributed by atoms with van der Waals surface area (Å²) < 4.78 is 15.1. The molecule has 0 fully saturated rings. The number of para-hydroxylation sites is 3. The number of oxazole rings is 1. The van der Waals surface area contributed by atoms with Crippen molar-refractivity contribution >= 4 is 71.9 Å². The van der Waals surface area contributed by atoms with Crippen molar-refractivity contribution in [3.05, 3.63) is 188 Å². The van der Waals surface area contributed by atoms with Gasteiger partial charge in [-0.1, -0.05) is 103 Å². The van der Waals surface area contributed by atoms with Crippen molar-refractivity contribution in [2.24, 2.45) is 0 Å². The van der Waals surface area contributed by atoms with E-state index in [9.17, 15) is 0 Å². The van der Waals surface area contributed by atoms with Gasteiger partial charge in [0.05, 0.1) is 22.1 Å². The lowest BCUT2D eigenvalue weighted by Gasteiger charge is -2.28. The van der Waals surface area contributed by atoms with Crippen molar-refractivity contribution in [2.75, 3.05) is 4.90 Å². The van der Waals surface area contributed by atoms with Gasteiger partial charge in [0, 0.05) is 44.3 Å². The molecular weight excluding hydrogens is 663 g/mol. The van der Waals surface area contributed by atoms with E-state index in [0.29, 0.717) is 5.89 Å². The van der Waals surface area contributed by atoms with Crippen molar-refractivity contribution < 1.29 is 8.83 Å². The summed E-state index contributed by atoms with van der Waals surface area (Å²) in [5.74, 6) is 0.588. The van der Waals surface area contributed by atoms with Crippen molar-refractivity contribution in [2.45, 2.75) is 0 Å². The van der Waals surface area contributed by atoms with Gasteiger partial charge in [-0.05, 0) is 90.5 Å². The van der Waals surface area contributed by atoms with Crippen LogP contribution in [0.5, 0.6) is 0 Å². The minimum Gasteiger partial charge on any atom is -0.456 e. The molecule has 3 heterocycles. The van der Waals surface area contributed by atoms with E-state index in [2.05, 4.69) is 155 Å². The topological polar surface area (TPSA) is 47.3 Å². The van der Waals surface area contributed by atoms with Crippen LogP contribution in [-0.2, 0) is 0 Å². The first-order chi connectivity index (χ1) is 26.8. The largest absolute Gasteiger partial charge is 0.456 e. The van der Waals surface area contributed by atoms with Gasteiger partial charge < -0.3 is 18.3 Å². The fraction of sp³-hybridized carbons (Fsp3) is 0. The van der Waals surface area contributed by atoms with Crippen molar-refractivity contribution in [3.8, 4) is 28.3 Å². The number of anilines is 3. The van der Waals surface area contributed by atoms with Crippen LogP contribution in [0.25, 0.3) is 83.1 Å². The second kappa shape index (κ2) is 12.1. The van der Waals surface area contributed by atoms with Crippen LogP contribution in [0, 0.1) is 0 Å². The van der Waals surface area contributed by atoms with Crippen molar-refractivity contribution in [1.29, 1.82) is 0 Å². The zero-order valence-corrected chi connectivity index (χ0v) is 29.1. The number of furan rings is 1. The van der Waals surface area contributed by atoms with Crippen LogP contribution < -0.4 is 4.90 Å². The Morgan fingerprint density at radius 2 is 1.06 bits per heavy atom. The Balaban J connectivity index is 1.17. The van der Waals surface area contributed by atoms with Gasteiger partial charge in [0.2, 0.25) is 5.89 Å². The Morgan fingerprint density at radius 3 is 1.87 bits per heavy atom. The number of nitrogens with zero attached hydrogens (tertiary/aromatic N) is 3. The van der Waals surface area contributed by atoms with Gasteiger partial charge in [0.1, 0.15) is 16.7 Å². The molecular formula is C49H31N3O2. The highest BCUT2D eigenvalue weighted by Gasteiger charge is 2.22. The lowest BCUT2D eigenvalue weighted by atomic mass is 10.0. The molecule has 0 N–H and O–H groups in total. The van der Waals surface area contributed by atoms with Gasteiger partial charge in [-0.2, -0.15) is 0 Å². The van der Waals surface area contributed by atoms with Crippen LogP contribution in [0.4, 0.5) is 17.1 Å². The predicted octanol–water partition coefficient (Wildman–Crippen LogP) is 13.6. The fourth-order valence-electron chi connectivity index (χ4n) is 8.00. The molecule has 8 aromatic carbocycles. The Kier molecular flexibility index (Phi) is 6.79. The number of benzene rings is 8. The first-order valence-corrected chi connectivity index (χ1v) is 18.1. The maximum Gasteiger partial charge on any atom is 0.227 e. The molecule has 0 aliphatic heterocycles. The SMILES string of the molecule is c1ccc(-c2nc3c(ccc4oc5ccc(N(c6ccc7c(c6)c6ccccc6n7-c6ccccc6)c6ccccc6-c6ccccc6)cc5c43)o2)cc1. The molecule has 11 aromatic rings. The maximum absolute atomic E-state index is 6.46. The van der Waals surface area contributed by atoms with Crippen LogP contribution in [0.3, 0.4) is 0 Å². The quantitative estimate of drug-likeness (QED) is 0.174. The third kappa shape index (κ3) is 4.76. The molecule has 54 heavy (non-hydrogen) atoms. The molecule has 254 valence electrons. The molecule has 0 aliphatic rings. The predicted molar refractivity (Wildman–Crippen MR) is 221 cm³/mol. The molecule has 0 atom stereocenters. The van der Waals surface area contributed by atoms with Crippen LogP contribution in [-0.4, -0.2) is 9.55 Å². The molecule has 0 amide bonds. The van der Waals surface area contributed by atoms with Gasteiger partial charge >= 0.3 is 0 Å². The van der Waals surface area contributed by atoms with Gasteiger partial charge in [-0.15, -0.1) is 0 Å². The van der Waals surface area contributed by atoms with E-state index in [4.69, 9.17) is 13.8 Å². The van der Waals surface area contributed by atoms with Crippen LogP contribution in [0.1, 0.15) is 0 Å². The van der Waals surface area contributed by atoms with Crippen LogP contribution in [0.2, 0.25) is 0 Å². The van der Waals surface area contributed by atoms with E-state index in [1.54, 1.807) is 0 Å². The third-order valence-electron chi connectivity index (χ3n) is 10.4. The molecule has 11 rings (SSSR count). The smallest absolute Gasteiger partial charge is 0.227 e. The van der Waals surface area contributed by atoms with E-state index >= 15 is 0 Å². The number of rotatable bonds is 6. The van der Waals surface area contributed by atoms with Crippen LogP contribution >= 0.6 is 0 Å². The number of aromatic nitrogens is 2. The summed E-state index contributed by atoms with van der Waals surface area (Å²) in [6.07, 6.45) is 0. The van der Waals surface area contributed by atoms with Crippen molar-refractivity contribution in [1.82, 2.24) is 9.55 Å². The minimum absolute atomic E-state index is 0.588. The monoisotopic (exact) mass is 693 g/mol. The number of hydrogen-bond donors (Lipinski definition) is 0.